The van der Waals surface area contributed by atoms with Crippen molar-refractivity contribution in [2.45, 2.75) is 12.8 Å². The van der Waals surface area contributed by atoms with Crippen molar-refractivity contribution in [3.05, 3.63) is 158 Å². The molecule has 0 saturated heterocycles. The van der Waals surface area contributed by atoms with Crippen LogP contribution in [-0.2, 0) is 0 Å². The Morgan fingerprint density at radius 2 is 1.21 bits per heavy atom. The van der Waals surface area contributed by atoms with Crippen LogP contribution in [0.3, 0.4) is 0 Å². The third-order valence-corrected chi connectivity index (χ3v) is 11.3. The molecule has 0 N–H and O–H groups in total. The minimum absolute atomic E-state index is 0.900. The number of hydrogen-bond acceptors (Lipinski definition) is 2. The molecule has 12 rings (SSSR count). The van der Waals surface area contributed by atoms with Crippen LogP contribution in [0.5, 0.6) is 0 Å². The number of fused-ring (bicyclic) bond motifs is 10. The number of nitrogens with zero attached hydrogens (tertiary/aromatic N) is 4. The SMILES string of the molecule is C1=CC(n2c3ccc(-c4ccc5c(c4)c4ccccc4n5-c4ccc5c(n4)-c4nccc6cccc-5c46)cc3c3cc4ccccc4cc32)=CCC1. The third kappa shape index (κ3) is 3.81. The summed E-state index contributed by atoms with van der Waals surface area (Å²) in [4.78, 5) is 10.1. The lowest BCUT2D eigenvalue weighted by atomic mass is 10.00. The summed E-state index contributed by atoms with van der Waals surface area (Å²) in [5.74, 6) is 0.900. The van der Waals surface area contributed by atoms with Gasteiger partial charge in [-0.05, 0) is 112 Å². The van der Waals surface area contributed by atoms with E-state index in [0.29, 0.717) is 0 Å². The first-order valence-electron chi connectivity index (χ1n) is 18.1. The maximum atomic E-state index is 5.33. The van der Waals surface area contributed by atoms with E-state index in [0.717, 1.165) is 46.6 Å². The van der Waals surface area contributed by atoms with Gasteiger partial charge in [-0.3, -0.25) is 9.55 Å². The number of aromatic nitrogens is 4. The highest BCUT2D eigenvalue weighted by atomic mass is 15.1. The predicted molar refractivity (Wildman–Crippen MR) is 217 cm³/mol. The van der Waals surface area contributed by atoms with Gasteiger partial charge in [-0.25, -0.2) is 4.98 Å². The van der Waals surface area contributed by atoms with Crippen LogP contribution in [0.15, 0.2) is 158 Å². The maximum Gasteiger partial charge on any atom is 0.138 e. The van der Waals surface area contributed by atoms with Crippen molar-refractivity contribution in [1.82, 2.24) is 19.1 Å². The first-order valence-corrected chi connectivity index (χ1v) is 18.1. The highest BCUT2D eigenvalue weighted by Gasteiger charge is 2.25. The highest BCUT2D eigenvalue weighted by Crippen LogP contribution is 2.46. The zero-order valence-electron chi connectivity index (χ0n) is 28.2. The quantitative estimate of drug-likeness (QED) is 0.189. The Labute approximate surface area is 299 Å². The van der Waals surface area contributed by atoms with Gasteiger partial charge in [0, 0.05) is 44.4 Å². The predicted octanol–water partition coefficient (Wildman–Crippen LogP) is 12.5. The van der Waals surface area contributed by atoms with Gasteiger partial charge in [0.2, 0.25) is 0 Å². The number of benzene rings is 6. The lowest BCUT2D eigenvalue weighted by Crippen LogP contribution is -1.99. The van der Waals surface area contributed by atoms with Crippen LogP contribution < -0.4 is 0 Å². The van der Waals surface area contributed by atoms with Gasteiger partial charge in [0.05, 0.1) is 33.5 Å². The minimum atomic E-state index is 0.900. The summed E-state index contributed by atoms with van der Waals surface area (Å²) < 4.78 is 4.76. The molecule has 2 aliphatic carbocycles. The number of rotatable bonds is 3. The summed E-state index contributed by atoms with van der Waals surface area (Å²) >= 11 is 0. The number of para-hydroxylation sites is 1. The molecule has 0 atom stereocenters. The van der Waals surface area contributed by atoms with Crippen LogP contribution in [0.25, 0.3) is 110 Å². The van der Waals surface area contributed by atoms with Crippen molar-refractivity contribution in [3.8, 4) is 39.5 Å². The standard InChI is InChI=1S/C48H30N4/c1-2-12-34(13-3-1)51-42-20-17-33(27-39(42)40-25-30-9-4-5-10-31(30)28-44(40)51)32-18-21-43-38(26-32)35-14-6-7-16-41(35)52(43)45-22-19-37-36-15-8-11-29-23-24-49-48(46(29)36)47(37)50-45/h2,4-28H,1,3H2. The average molecular weight is 663 g/mol. The summed E-state index contributed by atoms with van der Waals surface area (Å²) in [6, 6.07) is 48.9. The summed E-state index contributed by atoms with van der Waals surface area (Å²) in [5, 5.41) is 9.89. The number of hydrogen-bond donors (Lipinski definition) is 0. The average Bonchev–Trinajstić information content (AvgIpc) is 3.83. The molecule has 52 heavy (non-hydrogen) atoms. The summed E-state index contributed by atoms with van der Waals surface area (Å²) in [6.07, 6.45) is 11.0. The van der Waals surface area contributed by atoms with E-state index in [1.165, 1.54) is 76.5 Å². The molecular formula is C48H30N4. The Morgan fingerprint density at radius 3 is 2.06 bits per heavy atom. The third-order valence-electron chi connectivity index (χ3n) is 11.3. The fourth-order valence-corrected chi connectivity index (χ4v) is 8.93. The fraction of sp³-hybridized carbons (Fsp3) is 0.0417. The van der Waals surface area contributed by atoms with Crippen LogP contribution in [0.2, 0.25) is 0 Å². The van der Waals surface area contributed by atoms with E-state index >= 15 is 0 Å². The van der Waals surface area contributed by atoms with Gasteiger partial charge in [-0.15, -0.1) is 0 Å². The van der Waals surface area contributed by atoms with Crippen LogP contribution in [0, 0.1) is 0 Å². The van der Waals surface area contributed by atoms with Crippen molar-refractivity contribution in [2.75, 3.05) is 0 Å². The molecule has 0 fully saturated rings. The lowest BCUT2D eigenvalue weighted by molar-refractivity contribution is 1.02. The van der Waals surface area contributed by atoms with E-state index in [1.807, 2.05) is 6.20 Å². The van der Waals surface area contributed by atoms with E-state index in [4.69, 9.17) is 9.97 Å². The van der Waals surface area contributed by atoms with Gasteiger partial charge in [0.1, 0.15) is 5.82 Å². The molecule has 0 amide bonds. The van der Waals surface area contributed by atoms with E-state index in [2.05, 4.69) is 161 Å². The van der Waals surface area contributed by atoms with Gasteiger partial charge >= 0.3 is 0 Å². The maximum absolute atomic E-state index is 5.33. The summed E-state index contributed by atoms with van der Waals surface area (Å²) in [6.45, 7) is 0. The molecule has 0 radical (unpaired) electrons. The molecule has 0 saturated carbocycles. The van der Waals surface area contributed by atoms with Crippen LogP contribution in [0.4, 0.5) is 0 Å². The van der Waals surface area contributed by atoms with Crippen molar-refractivity contribution in [3.63, 3.8) is 0 Å². The zero-order chi connectivity index (χ0) is 33.9. The first-order chi connectivity index (χ1) is 25.8. The van der Waals surface area contributed by atoms with Crippen LogP contribution >= 0.6 is 0 Å². The van der Waals surface area contributed by atoms with Gasteiger partial charge in [-0.1, -0.05) is 84.9 Å². The van der Waals surface area contributed by atoms with E-state index in [1.54, 1.807) is 0 Å². The van der Waals surface area contributed by atoms with Crippen molar-refractivity contribution in [1.29, 1.82) is 0 Å². The normalized spacial score (nSPS) is 13.7. The number of pyridine rings is 2. The second kappa shape index (κ2) is 10.4. The summed E-state index contributed by atoms with van der Waals surface area (Å²) in [5.41, 5.74) is 12.7. The van der Waals surface area contributed by atoms with E-state index < -0.39 is 0 Å². The largest absolute Gasteiger partial charge is 0.310 e. The van der Waals surface area contributed by atoms with Crippen LogP contribution in [0.1, 0.15) is 12.8 Å². The van der Waals surface area contributed by atoms with Gasteiger partial charge in [0.15, 0.2) is 0 Å². The Morgan fingerprint density at radius 1 is 0.481 bits per heavy atom. The molecule has 0 spiro atoms. The van der Waals surface area contributed by atoms with Gasteiger partial charge in [0.25, 0.3) is 0 Å². The monoisotopic (exact) mass is 662 g/mol. The molecule has 242 valence electrons. The molecule has 0 unspecified atom stereocenters. The molecular weight excluding hydrogens is 633 g/mol. The zero-order valence-corrected chi connectivity index (χ0v) is 28.2. The molecule has 4 heteroatoms. The smallest absolute Gasteiger partial charge is 0.138 e. The summed E-state index contributed by atoms with van der Waals surface area (Å²) in [7, 11) is 0. The fourth-order valence-electron chi connectivity index (χ4n) is 8.93. The van der Waals surface area contributed by atoms with E-state index in [9.17, 15) is 0 Å². The van der Waals surface area contributed by atoms with Gasteiger partial charge < -0.3 is 4.57 Å². The molecule has 4 nitrogen and oxygen atoms in total. The molecule has 4 aromatic heterocycles. The molecule has 4 heterocycles. The second-order valence-electron chi connectivity index (χ2n) is 14.1. The van der Waals surface area contributed by atoms with Crippen molar-refractivity contribution in [2.24, 2.45) is 0 Å². The van der Waals surface area contributed by atoms with Gasteiger partial charge in [-0.2, -0.15) is 0 Å². The number of allylic oxidation sites excluding steroid dienone is 4. The van der Waals surface area contributed by atoms with Crippen LogP contribution in [-0.4, -0.2) is 19.1 Å². The Kier molecular flexibility index (Phi) is 5.58. The molecule has 6 aromatic carbocycles. The topological polar surface area (TPSA) is 35.6 Å². The molecule has 10 aromatic rings. The first kappa shape index (κ1) is 28.0. The highest BCUT2D eigenvalue weighted by molar-refractivity contribution is 6.16. The van der Waals surface area contributed by atoms with E-state index in [-0.39, 0.29) is 0 Å². The molecule has 0 aliphatic heterocycles. The molecule has 2 aliphatic rings. The second-order valence-corrected chi connectivity index (χ2v) is 14.1. The van der Waals surface area contributed by atoms with Crippen molar-refractivity contribution < 1.29 is 0 Å². The Bertz CT molecular complexity index is 3240. The Balaban J connectivity index is 1.05. The lowest BCUT2D eigenvalue weighted by Gasteiger charge is -2.12. The van der Waals surface area contributed by atoms with Crippen molar-refractivity contribution >= 4 is 70.9 Å². The Hall–Kier alpha value is -6.78. The minimum Gasteiger partial charge on any atom is -0.310 e. The molecule has 0 bridgehead atoms.